The van der Waals surface area contributed by atoms with Gasteiger partial charge in [-0.3, -0.25) is 4.79 Å². The number of nitrogens with zero attached hydrogens (tertiary/aromatic N) is 2. The van der Waals surface area contributed by atoms with Crippen LogP contribution in [0, 0.1) is 0 Å². The van der Waals surface area contributed by atoms with Crippen LogP contribution in [0.25, 0.3) is 0 Å². The van der Waals surface area contributed by atoms with Crippen LogP contribution >= 0.6 is 22.9 Å². The zero-order chi connectivity index (χ0) is 19.2. The number of carbonyl (C=O) groups excluding carboxylic acids is 1. The number of aromatic nitrogens is 1. The highest BCUT2D eigenvalue weighted by atomic mass is 35.5. The SMILES string of the molecule is CC(C)(C)c1csc(C2CCN(C(=O)C3(c4ccc(Cl)cc4)CC3)CC2)n1. The number of hydrogen-bond acceptors (Lipinski definition) is 3. The highest BCUT2D eigenvalue weighted by Gasteiger charge is 2.53. The Morgan fingerprint density at radius 1 is 1.19 bits per heavy atom. The molecule has 144 valence electrons. The zero-order valence-electron chi connectivity index (χ0n) is 16.3. The molecule has 0 bridgehead atoms. The Balaban J connectivity index is 1.41. The average molecular weight is 403 g/mol. The second-order valence-corrected chi connectivity index (χ2v) is 10.3. The van der Waals surface area contributed by atoms with Crippen LogP contribution in [0.3, 0.4) is 0 Å². The molecule has 5 heteroatoms. The second kappa shape index (κ2) is 6.89. The lowest BCUT2D eigenvalue weighted by Crippen LogP contribution is -2.43. The van der Waals surface area contributed by atoms with E-state index in [4.69, 9.17) is 16.6 Å². The van der Waals surface area contributed by atoms with Crippen molar-refractivity contribution in [2.24, 2.45) is 0 Å². The summed E-state index contributed by atoms with van der Waals surface area (Å²) in [6, 6.07) is 7.82. The molecule has 1 aliphatic heterocycles. The van der Waals surface area contributed by atoms with Gasteiger partial charge in [0.1, 0.15) is 0 Å². The average Bonchev–Trinajstić information content (AvgIpc) is 3.29. The molecule has 2 heterocycles. The van der Waals surface area contributed by atoms with Gasteiger partial charge in [-0.2, -0.15) is 0 Å². The van der Waals surface area contributed by atoms with Crippen molar-refractivity contribution in [2.45, 2.75) is 63.2 Å². The Labute approximate surface area is 170 Å². The molecule has 3 nitrogen and oxygen atoms in total. The van der Waals surface area contributed by atoms with E-state index in [0.29, 0.717) is 11.8 Å². The Hall–Kier alpha value is -1.39. The molecule has 1 saturated heterocycles. The number of benzene rings is 1. The number of likely N-dealkylation sites (tertiary alicyclic amines) is 1. The van der Waals surface area contributed by atoms with Crippen LogP contribution in [-0.2, 0) is 15.6 Å². The lowest BCUT2D eigenvalue weighted by atomic mass is 9.91. The van der Waals surface area contributed by atoms with Crippen molar-refractivity contribution in [2.75, 3.05) is 13.1 Å². The lowest BCUT2D eigenvalue weighted by Gasteiger charge is -2.34. The number of halogens is 1. The van der Waals surface area contributed by atoms with Gasteiger partial charge in [0.2, 0.25) is 5.91 Å². The molecule has 1 amide bonds. The van der Waals surface area contributed by atoms with Gasteiger partial charge in [-0.25, -0.2) is 4.98 Å². The maximum absolute atomic E-state index is 13.2. The second-order valence-electron chi connectivity index (χ2n) is 8.98. The molecule has 1 aromatic heterocycles. The van der Waals surface area contributed by atoms with Crippen LogP contribution in [-0.4, -0.2) is 28.9 Å². The van der Waals surface area contributed by atoms with E-state index in [1.807, 2.05) is 24.3 Å². The molecular weight excluding hydrogens is 376 g/mol. The van der Waals surface area contributed by atoms with E-state index in [9.17, 15) is 4.79 Å². The van der Waals surface area contributed by atoms with Crippen molar-refractivity contribution in [1.29, 1.82) is 0 Å². The number of rotatable bonds is 3. The van der Waals surface area contributed by atoms with Crippen molar-refractivity contribution in [3.8, 4) is 0 Å². The summed E-state index contributed by atoms with van der Waals surface area (Å²) in [6.07, 6.45) is 3.93. The number of thiazole rings is 1. The van der Waals surface area contributed by atoms with E-state index in [0.717, 1.165) is 49.4 Å². The Morgan fingerprint density at radius 2 is 1.81 bits per heavy atom. The molecule has 2 fully saturated rings. The van der Waals surface area contributed by atoms with Crippen LogP contribution < -0.4 is 0 Å². The largest absolute Gasteiger partial charge is 0.342 e. The number of hydrogen-bond donors (Lipinski definition) is 0. The molecule has 27 heavy (non-hydrogen) atoms. The van der Waals surface area contributed by atoms with Crippen LogP contribution in [0.1, 0.15) is 68.6 Å². The Kier molecular flexibility index (Phi) is 4.84. The molecular formula is C22H27ClN2OS. The first-order valence-corrected chi connectivity index (χ1v) is 11.1. The molecule has 0 N–H and O–H groups in total. The third-order valence-corrected chi connectivity index (χ3v) is 7.24. The molecule has 0 unspecified atom stereocenters. The van der Waals surface area contributed by atoms with Crippen LogP contribution in [0.4, 0.5) is 0 Å². The van der Waals surface area contributed by atoms with Gasteiger partial charge >= 0.3 is 0 Å². The van der Waals surface area contributed by atoms with E-state index < -0.39 is 0 Å². The summed E-state index contributed by atoms with van der Waals surface area (Å²) >= 11 is 7.80. The van der Waals surface area contributed by atoms with E-state index in [1.54, 1.807) is 11.3 Å². The third-order valence-electron chi connectivity index (χ3n) is 5.98. The molecule has 1 saturated carbocycles. The summed E-state index contributed by atoms with van der Waals surface area (Å²) in [5.74, 6) is 0.790. The van der Waals surface area contributed by atoms with Crippen molar-refractivity contribution >= 4 is 28.8 Å². The molecule has 1 aliphatic carbocycles. The van der Waals surface area contributed by atoms with Crippen molar-refractivity contribution in [1.82, 2.24) is 9.88 Å². The number of carbonyl (C=O) groups is 1. The minimum absolute atomic E-state index is 0.0996. The first-order valence-electron chi connectivity index (χ1n) is 9.81. The highest BCUT2D eigenvalue weighted by Crippen LogP contribution is 2.50. The number of amides is 1. The van der Waals surface area contributed by atoms with Crippen molar-refractivity contribution < 1.29 is 4.79 Å². The quantitative estimate of drug-likeness (QED) is 0.676. The summed E-state index contributed by atoms with van der Waals surface area (Å²) in [7, 11) is 0. The van der Waals surface area contributed by atoms with Gasteiger partial charge in [0.25, 0.3) is 0 Å². The van der Waals surface area contributed by atoms with E-state index in [2.05, 4.69) is 31.1 Å². The topological polar surface area (TPSA) is 33.2 Å². The summed E-state index contributed by atoms with van der Waals surface area (Å²) in [6.45, 7) is 8.30. The van der Waals surface area contributed by atoms with Gasteiger partial charge in [-0.1, -0.05) is 44.5 Å². The third kappa shape index (κ3) is 3.66. The van der Waals surface area contributed by atoms with Gasteiger partial charge in [0, 0.05) is 34.8 Å². The zero-order valence-corrected chi connectivity index (χ0v) is 17.9. The van der Waals surface area contributed by atoms with Crippen LogP contribution in [0.2, 0.25) is 5.02 Å². The summed E-state index contributed by atoms with van der Waals surface area (Å²) in [5.41, 5.74) is 2.11. The summed E-state index contributed by atoms with van der Waals surface area (Å²) in [4.78, 5) is 20.2. The van der Waals surface area contributed by atoms with Crippen molar-refractivity contribution in [3.63, 3.8) is 0 Å². The monoisotopic (exact) mass is 402 g/mol. The first kappa shape index (κ1) is 18.9. The fraction of sp³-hybridized carbons (Fsp3) is 0.545. The fourth-order valence-electron chi connectivity index (χ4n) is 3.97. The molecule has 2 aliphatic rings. The predicted molar refractivity (Wildman–Crippen MR) is 112 cm³/mol. The van der Waals surface area contributed by atoms with Gasteiger partial charge in [0.05, 0.1) is 16.1 Å². The molecule has 1 aromatic carbocycles. The minimum Gasteiger partial charge on any atom is -0.342 e. The molecule has 2 aromatic rings. The minimum atomic E-state index is -0.294. The Bertz CT molecular complexity index is 825. The maximum Gasteiger partial charge on any atom is 0.233 e. The standard InChI is InChI=1S/C22H27ClN2OS/c1-21(2,3)18-14-27-19(24-18)15-8-12-25(13-9-15)20(26)22(10-11-22)16-4-6-17(23)7-5-16/h4-7,14-15H,8-13H2,1-3H3. The van der Waals surface area contributed by atoms with Crippen LogP contribution in [0.15, 0.2) is 29.6 Å². The fourth-order valence-corrected chi connectivity index (χ4v) is 5.32. The first-order chi connectivity index (χ1) is 12.8. The van der Waals surface area contributed by atoms with Gasteiger partial charge < -0.3 is 4.90 Å². The lowest BCUT2D eigenvalue weighted by molar-refractivity contribution is -0.135. The molecule has 0 radical (unpaired) electrons. The van der Waals surface area contributed by atoms with E-state index in [1.165, 1.54) is 10.7 Å². The van der Waals surface area contributed by atoms with E-state index >= 15 is 0 Å². The maximum atomic E-state index is 13.2. The van der Waals surface area contributed by atoms with Gasteiger partial charge in [-0.15, -0.1) is 11.3 Å². The normalized spacial score (nSPS) is 19.9. The van der Waals surface area contributed by atoms with Gasteiger partial charge in [-0.05, 0) is 43.4 Å². The summed E-state index contributed by atoms with van der Waals surface area (Å²) < 4.78 is 0. The predicted octanol–water partition coefficient (Wildman–Crippen LogP) is 5.53. The van der Waals surface area contributed by atoms with Crippen molar-refractivity contribution in [3.05, 3.63) is 50.9 Å². The molecule has 0 spiro atoms. The van der Waals surface area contributed by atoms with E-state index in [-0.39, 0.29) is 10.8 Å². The van der Waals surface area contributed by atoms with Crippen LogP contribution in [0.5, 0.6) is 0 Å². The highest BCUT2D eigenvalue weighted by molar-refractivity contribution is 7.09. The Morgan fingerprint density at radius 3 is 2.33 bits per heavy atom. The van der Waals surface area contributed by atoms with Gasteiger partial charge in [0.15, 0.2) is 0 Å². The number of piperidine rings is 1. The smallest absolute Gasteiger partial charge is 0.233 e. The molecule has 0 atom stereocenters. The summed E-state index contributed by atoms with van der Waals surface area (Å²) in [5, 5.41) is 4.17. The molecule has 4 rings (SSSR count).